The fourth-order valence-corrected chi connectivity index (χ4v) is 4.24. The van der Waals surface area contributed by atoms with Crippen molar-refractivity contribution in [2.45, 2.75) is 12.5 Å². The number of hydrogen-bond donors (Lipinski definition) is 2. The molecule has 3 aromatic rings. The Balaban J connectivity index is 1.41. The standard InChI is InChI=1S/C28H34N6O4/c1-5-26(35)30-21-7-6-8-24(17-21)38-27-25(37-4)18-29-28(32-27)31-20-9-11-22(12-10-20)33(2)23-13-14-34(19-23)15-16-36-3/h5-12,17-18,23H,1,13-16,19H2,2-4H3,(H,30,35)(H,29,31,32)/t23-/m0/s1. The Labute approximate surface area is 223 Å². The Kier molecular flexibility index (Phi) is 9.12. The van der Waals surface area contributed by atoms with Crippen LogP contribution in [0.15, 0.2) is 67.4 Å². The first-order valence-corrected chi connectivity index (χ1v) is 12.4. The van der Waals surface area contributed by atoms with Gasteiger partial charge in [0.15, 0.2) is 5.75 Å². The average molecular weight is 519 g/mol. The summed E-state index contributed by atoms with van der Waals surface area (Å²) in [6, 6.07) is 15.6. The predicted octanol–water partition coefficient (Wildman–Crippen LogP) is 4.30. The monoisotopic (exact) mass is 518 g/mol. The first-order valence-electron chi connectivity index (χ1n) is 12.4. The zero-order chi connectivity index (χ0) is 26.9. The zero-order valence-corrected chi connectivity index (χ0v) is 22.0. The van der Waals surface area contributed by atoms with Gasteiger partial charge in [-0.05, 0) is 48.9 Å². The maximum absolute atomic E-state index is 11.6. The number of nitrogens with zero attached hydrogens (tertiary/aromatic N) is 4. The molecule has 2 aromatic carbocycles. The molecule has 10 nitrogen and oxygen atoms in total. The van der Waals surface area contributed by atoms with E-state index < -0.39 is 0 Å². The lowest BCUT2D eigenvalue weighted by atomic mass is 10.2. The minimum Gasteiger partial charge on any atom is -0.490 e. The number of likely N-dealkylation sites (N-methyl/N-ethyl adjacent to an activating group) is 1. The Bertz CT molecular complexity index is 1240. The van der Waals surface area contributed by atoms with Crippen molar-refractivity contribution in [3.05, 3.63) is 67.4 Å². The molecule has 0 unspecified atom stereocenters. The second-order valence-corrected chi connectivity index (χ2v) is 8.91. The number of carbonyl (C=O) groups is 1. The summed E-state index contributed by atoms with van der Waals surface area (Å²) in [5.41, 5.74) is 2.57. The fraction of sp³-hybridized carbons (Fsp3) is 0.321. The van der Waals surface area contributed by atoms with Crippen molar-refractivity contribution in [1.29, 1.82) is 0 Å². The number of methoxy groups -OCH3 is 2. The van der Waals surface area contributed by atoms with Crippen molar-refractivity contribution in [1.82, 2.24) is 14.9 Å². The van der Waals surface area contributed by atoms with E-state index in [-0.39, 0.29) is 11.8 Å². The first kappa shape index (κ1) is 26.9. The summed E-state index contributed by atoms with van der Waals surface area (Å²) in [5, 5.41) is 5.93. The van der Waals surface area contributed by atoms with Crippen LogP contribution in [0, 0.1) is 0 Å². The Morgan fingerprint density at radius 1 is 1.21 bits per heavy atom. The van der Waals surface area contributed by atoms with Crippen molar-refractivity contribution in [2.75, 3.05) is 63.0 Å². The maximum Gasteiger partial charge on any atom is 0.267 e. The quantitative estimate of drug-likeness (QED) is 0.340. The molecule has 200 valence electrons. The molecular formula is C28H34N6O4. The van der Waals surface area contributed by atoms with Crippen molar-refractivity contribution in [2.24, 2.45) is 0 Å². The van der Waals surface area contributed by atoms with Gasteiger partial charge in [-0.1, -0.05) is 12.6 Å². The number of aromatic nitrogens is 2. The molecule has 2 heterocycles. The van der Waals surface area contributed by atoms with Crippen LogP contribution in [0.2, 0.25) is 0 Å². The Morgan fingerprint density at radius 3 is 2.76 bits per heavy atom. The molecule has 0 spiro atoms. The topological polar surface area (TPSA) is 101 Å². The van der Waals surface area contributed by atoms with Crippen LogP contribution < -0.4 is 25.0 Å². The van der Waals surface area contributed by atoms with E-state index in [4.69, 9.17) is 14.2 Å². The number of benzene rings is 2. The second-order valence-electron chi connectivity index (χ2n) is 8.91. The molecule has 1 aliphatic rings. The molecule has 1 amide bonds. The molecule has 1 fully saturated rings. The van der Waals surface area contributed by atoms with E-state index in [2.05, 4.69) is 56.2 Å². The molecule has 0 aliphatic carbocycles. The van der Waals surface area contributed by atoms with Gasteiger partial charge in [0.25, 0.3) is 5.88 Å². The summed E-state index contributed by atoms with van der Waals surface area (Å²) in [6.07, 6.45) is 3.88. The van der Waals surface area contributed by atoms with Gasteiger partial charge in [-0.3, -0.25) is 9.69 Å². The molecule has 1 saturated heterocycles. The first-order chi connectivity index (χ1) is 18.5. The normalized spacial score (nSPS) is 15.1. The van der Waals surface area contributed by atoms with Crippen molar-refractivity contribution >= 4 is 28.9 Å². The molecule has 0 radical (unpaired) electrons. The summed E-state index contributed by atoms with van der Waals surface area (Å²) in [6.45, 7) is 7.31. The van der Waals surface area contributed by atoms with Gasteiger partial charge in [-0.25, -0.2) is 4.98 Å². The van der Waals surface area contributed by atoms with Gasteiger partial charge >= 0.3 is 0 Å². The van der Waals surface area contributed by atoms with Crippen LogP contribution in [0.25, 0.3) is 0 Å². The molecule has 1 atom stereocenters. The third-order valence-electron chi connectivity index (χ3n) is 6.38. The third kappa shape index (κ3) is 6.99. The summed E-state index contributed by atoms with van der Waals surface area (Å²) in [7, 11) is 5.41. The van der Waals surface area contributed by atoms with Gasteiger partial charge in [0, 0.05) is 63.0 Å². The minimum absolute atomic E-state index is 0.243. The van der Waals surface area contributed by atoms with Crippen molar-refractivity contribution in [3.63, 3.8) is 0 Å². The molecule has 10 heteroatoms. The van der Waals surface area contributed by atoms with Crippen molar-refractivity contribution < 1.29 is 19.0 Å². The van der Waals surface area contributed by atoms with Crippen molar-refractivity contribution in [3.8, 4) is 17.4 Å². The number of amides is 1. The summed E-state index contributed by atoms with van der Waals surface area (Å²) >= 11 is 0. The Hall–Kier alpha value is -4.15. The molecular weight excluding hydrogens is 484 g/mol. The molecule has 1 aromatic heterocycles. The van der Waals surface area contributed by atoms with E-state index in [1.54, 1.807) is 37.6 Å². The number of anilines is 4. The van der Waals surface area contributed by atoms with Crippen LogP contribution in [0.1, 0.15) is 6.42 Å². The zero-order valence-electron chi connectivity index (χ0n) is 22.0. The molecule has 38 heavy (non-hydrogen) atoms. The van der Waals surface area contributed by atoms with E-state index in [0.717, 1.165) is 44.0 Å². The molecule has 0 saturated carbocycles. The molecule has 1 aliphatic heterocycles. The van der Waals surface area contributed by atoms with Crippen LogP contribution in [0.3, 0.4) is 0 Å². The molecule has 4 rings (SSSR count). The van der Waals surface area contributed by atoms with Crippen LogP contribution in [0.4, 0.5) is 23.0 Å². The Morgan fingerprint density at radius 2 is 2.03 bits per heavy atom. The lowest BCUT2D eigenvalue weighted by Gasteiger charge is -2.27. The maximum atomic E-state index is 11.6. The highest BCUT2D eigenvalue weighted by molar-refractivity contribution is 5.98. The van der Waals surface area contributed by atoms with Gasteiger partial charge in [-0.2, -0.15) is 4.98 Å². The van der Waals surface area contributed by atoms with Crippen LogP contribution >= 0.6 is 0 Å². The third-order valence-corrected chi connectivity index (χ3v) is 6.38. The fourth-order valence-electron chi connectivity index (χ4n) is 4.24. The van der Waals surface area contributed by atoms with E-state index in [0.29, 0.717) is 29.2 Å². The number of likely N-dealkylation sites (tertiary alicyclic amines) is 1. The smallest absolute Gasteiger partial charge is 0.267 e. The number of hydrogen-bond acceptors (Lipinski definition) is 9. The summed E-state index contributed by atoms with van der Waals surface area (Å²) < 4.78 is 16.6. The van der Waals surface area contributed by atoms with E-state index in [1.165, 1.54) is 13.2 Å². The lowest BCUT2D eigenvalue weighted by molar-refractivity contribution is -0.111. The highest BCUT2D eigenvalue weighted by Crippen LogP contribution is 2.32. The average Bonchev–Trinajstić information content (AvgIpc) is 3.41. The number of rotatable bonds is 12. The number of nitrogens with one attached hydrogen (secondary N) is 2. The van der Waals surface area contributed by atoms with Gasteiger partial charge in [0.1, 0.15) is 5.75 Å². The van der Waals surface area contributed by atoms with Gasteiger partial charge in [0.2, 0.25) is 11.9 Å². The van der Waals surface area contributed by atoms with Crippen LogP contribution in [-0.4, -0.2) is 74.3 Å². The van der Waals surface area contributed by atoms with Crippen LogP contribution in [-0.2, 0) is 9.53 Å². The van der Waals surface area contributed by atoms with E-state index in [1.807, 2.05) is 12.1 Å². The minimum atomic E-state index is -0.308. The van der Waals surface area contributed by atoms with Crippen LogP contribution in [0.5, 0.6) is 17.4 Å². The molecule has 2 N–H and O–H groups in total. The summed E-state index contributed by atoms with van der Waals surface area (Å²) in [5.74, 6) is 1.16. The molecule has 0 bridgehead atoms. The summed E-state index contributed by atoms with van der Waals surface area (Å²) in [4.78, 5) is 25.2. The van der Waals surface area contributed by atoms with Gasteiger partial charge < -0.3 is 29.7 Å². The number of carbonyl (C=O) groups excluding carboxylic acids is 1. The largest absolute Gasteiger partial charge is 0.490 e. The lowest BCUT2D eigenvalue weighted by Crippen LogP contribution is -2.35. The van der Waals surface area contributed by atoms with Gasteiger partial charge in [0.05, 0.1) is 19.9 Å². The predicted molar refractivity (Wildman–Crippen MR) is 149 cm³/mol. The SMILES string of the molecule is C=CC(=O)Nc1cccc(Oc2nc(Nc3ccc(N(C)[C@H]4CCN(CCOC)C4)cc3)ncc2OC)c1. The highest BCUT2D eigenvalue weighted by Gasteiger charge is 2.25. The van der Waals surface area contributed by atoms with E-state index in [9.17, 15) is 4.79 Å². The second kappa shape index (κ2) is 12.9. The highest BCUT2D eigenvalue weighted by atomic mass is 16.5. The number of ether oxygens (including phenoxy) is 3. The van der Waals surface area contributed by atoms with E-state index >= 15 is 0 Å². The van der Waals surface area contributed by atoms with Gasteiger partial charge in [-0.15, -0.1) is 0 Å².